The first-order valence-corrected chi connectivity index (χ1v) is 5.57. The molecule has 1 amide bonds. The van der Waals surface area contributed by atoms with Crippen LogP contribution in [0.4, 0.5) is 5.69 Å². The van der Waals surface area contributed by atoms with Gasteiger partial charge in [0.2, 0.25) is 5.91 Å². The number of nitrogens with zero attached hydrogens (tertiary/aromatic N) is 1. The Bertz CT molecular complexity index is 349. The summed E-state index contributed by atoms with van der Waals surface area (Å²) in [5, 5.41) is 2.86. The summed E-state index contributed by atoms with van der Waals surface area (Å²) in [6, 6.07) is 8.12. The highest BCUT2D eigenvalue weighted by Crippen LogP contribution is 2.19. The predicted molar refractivity (Wildman–Crippen MR) is 75.1 cm³/mol. The molecule has 0 unspecified atom stereocenters. The van der Waals surface area contributed by atoms with E-state index in [-0.39, 0.29) is 18.3 Å². The second-order valence-corrected chi connectivity index (χ2v) is 4.23. The maximum Gasteiger partial charge on any atom is 0.240 e. The Kier molecular flexibility index (Phi) is 6.85. The summed E-state index contributed by atoms with van der Waals surface area (Å²) < 4.78 is 0. The molecule has 4 heteroatoms. The third-order valence-electron chi connectivity index (χ3n) is 2.65. The summed E-state index contributed by atoms with van der Waals surface area (Å²) in [5.41, 5.74) is 2.22. The van der Waals surface area contributed by atoms with E-state index in [1.165, 1.54) is 5.56 Å². The molecule has 0 aromatic heterocycles. The smallest absolute Gasteiger partial charge is 0.240 e. The van der Waals surface area contributed by atoms with Gasteiger partial charge in [0.25, 0.3) is 0 Å². The number of likely N-dealkylation sites (N-methyl/N-ethyl adjacent to an activating group) is 2. The van der Waals surface area contributed by atoms with Crippen molar-refractivity contribution in [2.75, 3.05) is 25.5 Å². The highest BCUT2D eigenvalue weighted by atomic mass is 35.5. The average Bonchev–Trinajstić information content (AvgIpc) is 2.28. The van der Waals surface area contributed by atoms with Gasteiger partial charge in [-0.2, -0.15) is 0 Å². The Hall–Kier alpha value is -1.06. The lowest BCUT2D eigenvalue weighted by molar-refractivity contribution is -0.117. The van der Waals surface area contributed by atoms with Gasteiger partial charge in [0.1, 0.15) is 0 Å². The fourth-order valence-electron chi connectivity index (χ4n) is 1.50. The third-order valence-corrected chi connectivity index (χ3v) is 2.65. The first kappa shape index (κ1) is 15.9. The summed E-state index contributed by atoms with van der Waals surface area (Å²) >= 11 is 0. The van der Waals surface area contributed by atoms with E-state index in [2.05, 4.69) is 31.3 Å². The number of rotatable bonds is 4. The molecule has 0 bridgehead atoms. The molecule has 0 atom stereocenters. The molecule has 0 aliphatic carbocycles. The van der Waals surface area contributed by atoms with Crippen LogP contribution in [0.5, 0.6) is 0 Å². The molecule has 0 saturated heterocycles. The number of carbonyl (C=O) groups excluding carboxylic acids is 1. The van der Waals surface area contributed by atoms with Crippen LogP contribution in [0, 0.1) is 0 Å². The van der Waals surface area contributed by atoms with Crippen molar-refractivity contribution in [1.29, 1.82) is 0 Å². The van der Waals surface area contributed by atoms with Crippen molar-refractivity contribution in [3.63, 3.8) is 0 Å². The fraction of sp³-hybridized carbons (Fsp3) is 0.462. The van der Waals surface area contributed by atoms with E-state index in [1.807, 2.05) is 12.1 Å². The van der Waals surface area contributed by atoms with Gasteiger partial charge < -0.3 is 10.2 Å². The van der Waals surface area contributed by atoms with Gasteiger partial charge in [-0.05, 0) is 30.7 Å². The topological polar surface area (TPSA) is 32.3 Å². The van der Waals surface area contributed by atoms with Gasteiger partial charge in [-0.25, -0.2) is 0 Å². The molecule has 17 heavy (non-hydrogen) atoms. The fourth-order valence-corrected chi connectivity index (χ4v) is 1.50. The van der Waals surface area contributed by atoms with Gasteiger partial charge in [0.15, 0.2) is 0 Å². The lowest BCUT2D eigenvalue weighted by atomic mass is 10.0. The zero-order chi connectivity index (χ0) is 12.1. The van der Waals surface area contributed by atoms with E-state index in [9.17, 15) is 4.79 Å². The van der Waals surface area contributed by atoms with Crippen molar-refractivity contribution < 1.29 is 4.79 Å². The van der Waals surface area contributed by atoms with Gasteiger partial charge >= 0.3 is 0 Å². The van der Waals surface area contributed by atoms with Crippen LogP contribution in [-0.2, 0) is 4.79 Å². The Balaban J connectivity index is 0.00000256. The van der Waals surface area contributed by atoms with Gasteiger partial charge in [-0.15, -0.1) is 12.4 Å². The lowest BCUT2D eigenvalue weighted by Gasteiger charge is -2.18. The number of amides is 1. The number of halogens is 1. The molecule has 0 fully saturated rings. The van der Waals surface area contributed by atoms with Crippen LogP contribution < -0.4 is 10.2 Å². The maximum atomic E-state index is 11.6. The molecule has 1 rings (SSSR count). The highest BCUT2D eigenvalue weighted by Gasteiger charge is 2.09. The van der Waals surface area contributed by atoms with E-state index in [0.717, 1.165) is 5.69 Å². The quantitative estimate of drug-likeness (QED) is 0.897. The molecule has 0 spiro atoms. The lowest BCUT2D eigenvalue weighted by Crippen LogP contribution is -2.34. The minimum absolute atomic E-state index is 0. The van der Waals surface area contributed by atoms with E-state index in [1.54, 1.807) is 19.0 Å². The number of hydrogen-bond acceptors (Lipinski definition) is 2. The van der Waals surface area contributed by atoms with Crippen LogP contribution >= 0.6 is 12.4 Å². The predicted octanol–water partition coefficient (Wildman–Crippen LogP) is 2.41. The standard InChI is InChI=1S/C13H20N2O.ClH/c1-10(2)11-5-7-12(8-6-11)15(4)13(16)9-14-3;/h5-8,10,14H,9H2,1-4H3;1H. The molecule has 1 aromatic rings. The Morgan fingerprint density at radius 2 is 1.82 bits per heavy atom. The monoisotopic (exact) mass is 256 g/mol. The summed E-state index contributed by atoms with van der Waals surface area (Å²) in [6.45, 7) is 4.68. The molecule has 0 heterocycles. The molecule has 1 N–H and O–H groups in total. The van der Waals surface area contributed by atoms with Crippen molar-refractivity contribution >= 4 is 24.0 Å². The van der Waals surface area contributed by atoms with Gasteiger partial charge in [0, 0.05) is 12.7 Å². The van der Waals surface area contributed by atoms with E-state index < -0.39 is 0 Å². The van der Waals surface area contributed by atoms with E-state index in [0.29, 0.717) is 12.5 Å². The van der Waals surface area contributed by atoms with Crippen molar-refractivity contribution in [2.24, 2.45) is 0 Å². The normalized spacial score (nSPS) is 9.94. The largest absolute Gasteiger partial charge is 0.314 e. The van der Waals surface area contributed by atoms with Gasteiger partial charge in [-0.3, -0.25) is 4.79 Å². The first-order valence-electron chi connectivity index (χ1n) is 5.57. The summed E-state index contributed by atoms with van der Waals surface area (Å²) in [6.07, 6.45) is 0. The van der Waals surface area contributed by atoms with Gasteiger partial charge in [0.05, 0.1) is 6.54 Å². The number of hydrogen-bond donors (Lipinski definition) is 1. The molecule has 0 saturated carbocycles. The Labute approximate surface area is 110 Å². The summed E-state index contributed by atoms with van der Waals surface area (Å²) in [7, 11) is 3.57. The molecule has 3 nitrogen and oxygen atoms in total. The number of anilines is 1. The average molecular weight is 257 g/mol. The number of carbonyl (C=O) groups is 1. The number of benzene rings is 1. The Morgan fingerprint density at radius 3 is 2.24 bits per heavy atom. The third kappa shape index (κ3) is 4.36. The van der Waals surface area contributed by atoms with E-state index >= 15 is 0 Å². The number of nitrogens with one attached hydrogen (secondary N) is 1. The molecule has 0 aliphatic rings. The molecular formula is C13H21ClN2O. The Morgan fingerprint density at radius 1 is 1.29 bits per heavy atom. The summed E-state index contributed by atoms with van der Waals surface area (Å²) in [5.74, 6) is 0.590. The maximum absolute atomic E-state index is 11.6. The van der Waals surface area contributed by atoms with Crippen molar-refractivity contribution in [3.05, 3.63) is 29.8 Å². The van der Waals surface area contributed by atoms with Crippen LogP contribution in [0.2, 0.25) is 0 Å². The van der Waals surface area contributed by atoms with Crippen LogP contribution in [0.25, 0.3) is 0 Å². The highest BCUT2D eigenvalue weighted by molar-refractivity contribution is 5.94. The van der Waals surface area contributed by atoms with Crippen molar-refractivity contribution in [2.45, 2.75) is 19.8 Å². The summed E-state index contributed by atoms with van der Waals surface area (Å²) in [4.78, 5) is 13.3. The molecule has 0 aliphatic heterocycles. The molecule has 1 aromatic carbocycles. The van der Waals surface area contributed by atoms with Crippen LogP contribution in [0.3, 0.4) is 0 Å². The zero-order valence-corrected chi connectivity index (χ0v) is 11.7. The van der Waals surface area contributed by atoms with Crippen LogP contribution in [-0.4, -0.2) is 26.5 Å². The second-order valence-electron chi connectivity index (χ2n) is 4.23. The van der Waals surface area contributed by atoms with Crippen molar-refractivity contribution in [1.82, 2.24) is 5.32 Å². The minimum Gasteiger partial charge on any atom is -0.314 e. The van der Waals surface area contributed by atoms with E-state index in [4.69, 9.17) is 0 Å². The van der Waals surface area contributed by atoms with Crippen LogP contribution in [0.15, 0.2) is 24.3 Å². The minimum atomic E-state index is 0. The zero-order valence-electron chi connectivity index (χ0n) is 10.9. The molecule has 0 radical (unpaired) electrons. The van der Waals surface area contributed by atoms with Crippen molar-refractivity contribution in [3.8, 4) is 0 Å². The second kappa shape index (κ2) is 7.30. The SMILES string of the molecule is CNCC(=O)N(C)c1ccc(C(C)C)cc1.Cl. The molecular weight excluding hydrogens is 236 g/mol. The van der Waals surface area contributed by atoms with Crippen LogP contribution in [0.1, 0.15) is 25.3 Å². The van der Waals surface area contributed by atoms with Gasteiger partial charge in [-0.1, -0.05) is 26.0 Å². The molecule has 96 valence electrons. The first-order chi connectivity index (χ1) is 7.56.